The van der Waals surface area contributed by atoms with Gasteiger partial charge in [-0.2, -0.15) is 5.10 Å². The number of H-pyrrole nitrogens is 1. The molecule has 0 bridgehead atoms. The first-order chi connectivity index (χ1) is 12.1. The Labute approximate surface area is 151 Å². The molecule has 25 heavy (non-hydrogen) atoms. The summed E-state index contributed by atoms with van der Waals surface area (Å²) in [4.78, 5) is 11.8. The molecule has 0 saturated heterocycles. The highest BCUT2D eigenvalue weighted by atomic mass is 32.2. The maximum Gasteiger partial charge on any atom is 0.343 e. The third-order valence-electron chi connectivity index (χ3n) is 4.02. The van der Waals surface area contributed by atoms with E-state index in [1.54, 1.807) is 16.3 Å². The molecule has 0 fully saturated rings. The smallest absolute Gasteiger partial charge is 0.270 e. The first-order valence-corrected chi connectivity index (χ1v) is 9.47. The zero-order valence-electron chi connectivity index (χ0n) is 14.8. The van der Waals surface area contributed by atoms with E-state index in [1.165, 1.54) is 5.56 Å². The molecule has 3 aromatic rings. The van der Waals surface area contributed by atoms with Crippen molar-refractivity contribution in [1.82, 2.24) is 24.5 Å². The van der Waals surface area contributed by atoms with Crippen LogP contribution in [-0.4, -0.2) is 24.5 Å². The first kappa shape index (κ1) is 17.5. The van der Waals surface area contributed by atoms with Crippen LogP contribution < -0.4 is 5.69 Å². The van der Waals surface area contributed by atoms with Gasteiger partial charge in [-0.15, -0.1) is 5.10 Å². The number of thioether (sulfide) groups is 1. The quantitative estimate of drug-likeness (QED) is 0.658. The average molecular weight is 357 g/mol. The van der Waals surface area contributed by atoms with Crippen molar-refractivity contribution in [1.29, 1.82) is 0 Å². The van der Waals surface area contributed by atoms with E-state index in [-0.39, 0.29) is 5.69 Å². The van der Waals surface area contributed by atoms with Crippen molar-refractivity contribution in [2.24, 2.45) is 0 Å². The minimum atomic E-state index is -0.129. The molecule has 2 aromatic heterocycles. The van der Waals surface area contributed by atoms with Crippen molar-refractivity contribution in [3.8, 4) is 5.69 Å². The highest BCUT2D eigenvalue weighted by molar-refractivity contribution is 7.98. The summed E-state index contributed by atoms with van der Waals surface area (Å²) in [5.41, 5.74) is 4.25. The molecule has 0 atom stereocenters. The summed E-state index contributed by atoms with van der Waals surface area (Å²) in [5, 5.41) is 11.9. The van der Waals surface area contributed by atoms with Crippen LogP contribution in [0.5, 0.6) is 0 Å². The highest BCUT2D eigenvalue weighted by Crippen LogP contribution is 2.21. The number of nitrogens with zero attached hydrogens (tertiary/aromatic N) is 4. The minimum Gasteiger partial charge on any atom is -0.270 e. The van der Waals surface area contributed by atoms with E-state index >= 15 is 0 Å². The van der Waals surface area contributed by atoms with Crippen LogP contribution in [0.3, 0.4) is 0 Å². The molecule has 1 N–H and O–H groups in total. The molecule has 3 rings (SSSR count). The van der Waals surface area contributed by atoms with Gasteiger partial charge in [-0.05, 0) is 44.0 Å². The Hall–Kier alpha value is -2.28. The van der Waals surface area contributed by atoms with E-state index in [0.29, 0.717) is 6.54 Å². The van der Waals surface area contributed by atoms with Crippen LogP contribution in [0.25, 0.3) is 5.69 Å². The summed E-state index contributed by atoms with van der Waals surface area (Å²) in [7, 11) is 0. The van der Waals surface area contributed by atoms with Gasteiger partial charge in [0.15, 0.2) is 5.16 Å². The topological polar surface area (TPSA) is 68.5 Å². The van der Waals surface area contributed by atoms with Gasteiger partial charge in [0.2, 0.25) is 0 Å². The summed E-state index contributed by atoms with van der Waals surface area (Å²) in [6.45, 7) is 6.88. The van der Waals surface area contributed by atoms with Gasteiger partial charge in [0, 0.05) is 18.0 Å². The van der Waals surface area contributed by atoms with E-state index in [4.69, 9.17) is 0 Å². The second-order valence-electron chi connectivity index (χ2n) is 6.11. The summed E-state index contributed by atoms with van der Waals surface area (Å²) < 4.78 is 3.67. The molecule has 0 spiro atoms. The second-order valence-corrected chi connectivity index (χ2v) is 7.05. The molecule has 0 aliphatic rings. The molecule has 132 valence electrons. The number of hydrogen-bond donors (Lipinski definition) is 1. The van der Waals surface area contributed by atoms with Crippen LogP contribution >= 0.6 is 11.8 Å². The first-order valence-electron chi connectivity index (χ1n) is 8.49. The summed E-state index contributed by atoms with van der Waals surface area (Å²) in [5.74, 6) is 0.772. The van der Waals surface area contributed by atoms with Crippen LogP contribution in [0.2, 0.25) is 0 Å². The molecule has 0 aliphatic heterocycles. The Morgan fingerprint density at radius 1 is 1.20 bits per heavy atom. The van der Waals surface area contributed by atoms with Gasteiger partial charge in [0.05, 0.1) is 11.4 Å². The highest BCUT2D eigenvalue weighted by Gasteiger charge is 2.09. The van der Waals surface area contributed by atoms with E-state index in [9.17, 15) is 4.79 Å². The lowest BCUT2D eigenvalue weighted by Crippen LogP contribution is -2.17. The van der Waals surface area contributed by atoms with Gasteiger partial charge in [-0.1, -0.05) is 37.2 Å². The Bertz CT molecular complexity index is 891. The molecule has 0 unspecified atom stereocenters. The normalized spacial score (nSPS) is 11.2. The fraction of sp³-hybridized carbons (Fsp3) is 0.389. The number of aryl methyl sites for hydroxylation is 2. The van der Waals surface area contributed by atoms with Crippen LogP contribution in [0.15, 0.2) is 40.3 Å². The maximum absolute atomic E-state index is 11.8. The zero-order valence-corrected chi connectivity index (χ0v) is 15.6. The van der Waals surface area contributed by atoms with Crippen molar-refractivity contribution >= 4 is 11.8 Å². The average Bonchev–Trinajstić information content (AvgIpc) is 3.13. The molecular formula is C18H23N5OS. The minimum absolute atomic E-state index is 0.129. The molecule has 6 nitrogen and oxygen atoms in total. The number of nitrogens with one attached hydrogen (secondary N) is 1. The van der Waals surface area contributed by atoms with E-state index in [1.807, 2.05) is 11.6 Å². The summed E-state index contributed by atoms with van der Waals surface area (Å²) in [6.07, 6.45) is 2.03. The SMILES string of the molecule is CCCCn1c(SCc2ccc(-n3nc(C)cc3C)cc2)n[nH]c1=O. The summed E-state index contributed by atoms with van der Waals surface area (Å²) >= 11 is 1.58. The van der Waals surface area contributed by atoms with Gasteiger partial charge in [-0.25, -0.2) is 14.6 Å². The molecule has 1 aromatic carbocycles. The van der Waals surface area contributed by atoms with Crippen molar-refractivity contribution < 1.29 is 0 Å². The molecule has 0 radical (unpaired) electrons. The fourth-order valence-corrected chi connectivity index (χ4v) is 3.63. The van der Waals surface area contributed by atoms with E-state index in [2.05, 4.69) is 59.5 Å². The van der Waals surface area contributed by atoms with Crippen LogP contribution in [0.1, 0.15) is 36.7 Å². The molecule has 2 heterocycles. The third-order valence-corrected chi connectivity index (χ3v) is 5.06. The lowest BCUT2D eigenvalue weighted by molar-refractivity contribution is 0.573. The van der Waals surface area contributed by atoms with Gasteiger partial charge >= 0.3 is 5.69 Å². The number of rotatable bonds is 7. The van der Waals surface area contributed by atoms with Crippen molar-refractivity contribution in [2.75, 3.05) is 0 Å². The van der Waals surface area contributed by atoms with Crippen molar-refractivity contribution in [3.63, 3.8) is 0 Å². The van der Waals surface area contributed by atoms with Crippen LogP contribution in [-0.2, 0) is 12.3 Å². The predicted molar refractivity (Wildman–Crippen MR) is 100 cm³/mol. The van der Waals surface area contributed by atoms with Crippen molar-refractivity contribution in [3.05, 3.63) is 57.8 Å². The maximum atomic E-state index is 11.8. The number of aromatic nitrogens is 5. The Morgan fingerprint density at radius 3 is 2.60 bits per heavy atom. The van der Waals surface area contributed by atoms with Gasteiger partial charge in [-0.3, -0.25) is 4.57 Å². The Balaban J connectivity index is 1.68. The molecule has 0 amide bonds. The second kappa shape index (κ2) is 7.74. The number of unbranched alkanes of at least 4 members (excludes halogenated alkanes) is 1. The van der Waals surface area contributed by atoms with Crippen LogP contribution in [0.4, 0.5) is 0 Å². The third kappa shape index (κ3) is 4.04. The monoisotopic (exact) mass is 357 g/mol. The number of benzene rings is 1. The van der Waals surface area contributed by atoms with Crippen molar-refractivity contribution in [2.45, 2.75) is 51.1 Å². The van der Waals surface area contributed by atoms with E-state index < -0.39 is 0 Å². The standard InChI is InChI=1S/C18H23N5OS/c1-4-5-10-22-17(24)19-20-18(22)25-12-15-6-8-16(9-7-15)23-14(3)11-13(2)21-23/h6-9,11H,4-5,10,12H2,1-3H3,(H,19,24). The molecule has 0 saturated carbocycles. The number of aromatic amines is 1. The molecule has 0 aliphatic carbocycles. The molecule has 7 heteroatoms. The van der Waals surface area contributed by atoms with Gasteiger partial charge in [0.25, 0.3) is 0 Å². The summed E-state index contributed by atoms with van der Waals surface area (Å²) in [6, 6.07) is 10.4. The van der Waals surface area contributed by atoms with E-state index in [0.717, 1.165) is 40.8 Å². The number of hydrogen-bond acceptors (Lipinski definition) is 4. The lowest BCUT2D eigenvalue weighted by atomic mass is 10.2. The largest absolute Gasteiger partial charge is 0.343 e. The fourth-order valence-electron chi connectivity index (χ4n) is 2.70. The lowest BCUT2D eigenvalue weighted by Gasteiger charge is -2.07. The Morgan fingerprint density at radius 2 is 1.96 bits per heavy atom. The zero-order chi connectivity index (χ0) is 17.8. The van der Waals surface area contributed by atoms with Gasteiger partial charge in [0.1, 0.15) is 0 Å². The Kier molecular flexibility index (Phi) is 5.43. The van der Waals surface area contributed by atoms with Gasteiger partial charge < -0.3 is 0 Å². The predicted octanol–water partition coefficient (Wildman–Crippen LogP) is 3.47. The molecular weight excluding hydrogens is 334 g/mol. The van der Waals surface area contributed by atoms with Crippen LogP contribution in [0, 0.1) is 13.8 Å².